The van der Waals surface area contributed by atoms with E-state index in [9.17, 15) is 9.59 Å². The highest BCUT2D eigenvalue weighted by Crippen LogP contribution is 2.36. The first-order chi connectivity index (χ1) is 7.56. The summed E-state index contributed by atoms with van der Waals surface area (Å²) in [6.45, 7) is 0. The number of hydrogen-bond donors (Lipinski definition) is 1. The number of pyridine rings is 1. The van der Waals surface area contributed by atoms with Crippen LogP contribution in [-0.2, 0) is 7.05 Å². The Labute approximate surface area is 98.2 Å². The molecule has 1 amide bonds. The Balaban J connectivity index is 2.15. The van der Waals surface area contributed by atoms with Gasteiger partial charge in [-0.05, 0) is 18.9 Å². The Morgan fingerprint density at radius 2 is 2.31 bits per heavy atom. The number of nitrogens with one attached hydrogen (secondary N) is 1. The van der Waals surface area contributed by atoms with Gasteiger partial charge in [-0.25, -0.2) is 0 Å². The van der Waals surface area contributed by atoms with E-state index in [0.29, 0.717) is 11.4 Å². The molecule has 1 fully saturated rings. The van der Waals surface area contributed by atoms with E-state index in [0.717, 1.165) is 12.8 Å². The Hall–Kier alpha value is -1.29. The van der Waals surface area contributed by atoms with Crippen molar-refractivity contribution in [1.29, 1.82) is 0 Å². The number of hydrogen-bond acceptors (Lipinski definition) is 2. The van der Waals surface area contributed by atoms with Gasteiger partial charge in [-0.1, -0.05) is 0 Å². The highest BCUT2D eigenvalue weighted by Gasteiger charge is 2.43. The van der Waals surface area contributed by atoms with Crippen LogP contribution in [0.25, 0.3) is 0 Å². The zero-order valence-electron chi connectivity index (χ0n) is 9.00. The molecular weight excluding hydrogens is 228 g/mol. The Bertz CT molecular complexity index is 477. The Morgan fingerprint density at radius 3 is 2.81 bits per heavy atom. The quantitative estimate of drug-likeness (QED) is 0.798. The third-order valence-corrected chi connectivity index (χ3v) is 3.37. The van der Waals surface area contributed by atoms with Crippen molar-refractivity contribution in [3.8, 4) is 0 Å². The molecular formula is C11H13ClN2O2. The number of aromatic nitrogens is 1. The van der Waals surface area contributed by atoms with Crippen LogP contribution in [0.4, 0.5) is 0 Å². The van der Waals surface area contributed by atoms with Crippen molar-refractivity contribution in [2.45, 2.75) is 18.4 Å². The van der Waals surface area contributed by atoms with Gasteiger partial charge in [0.05, 0.1) is 5.54 Å². The van der Waals surface area contributed by atoms with Crippen LogP contribution in [0.3, 0.4) is 0 Å². The van der Waals surface area contributed by atoms with Gasteiger partial charge in [0.1, 0.15) is 0 Å². The smallest absolute Gasteiger partial charge is 0.252 e. The predicted octanol–water partition coefficient (Wildman–Crippen LogP) is 0.886. The molecule has 1 aromatic rings. The van der Waals surface area contributed by atoms with Crippen molar-refractivity contribution in [3.05, 3.63) is 34.2 Å². The van der Waals surface area contributed by atoms with Gasteiger partial charge >= 0.3 is 0 Å². The van der Waals surface area contributed by atoms with E-state index in [1.165, 1.54) is 10.6 Å². The summed E-state index contributed by atoms with van der Waals surface area (Å²) in [5, 5.41) is 2.86. The molecule has 0 unspecified atom stereocenters. The number of amides is 1. The van der Waals surface area contributed by atoms with Gasteiger partial charge in [-0.15, -0.1) is 11.6 Å². The molecule has 16 heavy (non-hydrogen) atoms. The third-order valence-electron chi connectivity index (χ3n) is 2.85. The highest BCUT2D eigenvalue weighted by atomic mass is 35.5. The van der Waals surface area contributed by atoms with E-state index >= 15 is 0 Å². The molecule has 0 saturated heterocycles. The summed E-state index contributed by atoms with van der Waals surface area (Å²) in [4.78, 5) is 23.2. The summed E-state index contributed by atoms with van der Waals surface area (Å²) in [5.41, 5.74) is -0.0393. The fourth-order valence-electron chi connectivity index (χ4n) is 1.45. The zero-order valence-corrected chi connectivity index (χ0v) is 9.75. The molecule has 0 radical (unpaired) electrons. The molecule has 2 rings (SSSR count). The molecule has 0 aliphatic heterocycles. The van der Waals surface area contributed by atoms with Crippen molar-refractivity contribution >= 4 is 17.5 Å². The van der Waals surface area contributed by atoms with Gasteiger partial charge in [0, 0.05) is 30.8 Å². The highest BCUT2D eigenvalue weighted by molar-refractivity contribution is 6.19. The van der Waals surface area contributed by atoms with Crippen molar-refractivity contribution in [2.24, 2.45) is 7.05 Å². The lowest BCUT2D eigenvalue weighted by Gasteiger charge is -2.13. The number of rotatable bonds is 3. The molecule has 1 saturated carbocycles. The van der Waals surface area contributed by atoms with Gasteiger partial charge < -0.3 is 9.88 Å². The number of aryl methyl sites for hydroxylation is 1. The maximum Gasteiger partial charge on any atom is 0.252 e. The molecule has 1 aromatic heterocycles. The summed E-state index contributed by atoms with van der Waals surface area (Å²) in [6.07, 6.45) is 3.40. The monoisotopic (exact) mass is 240 g/mol. The number of alkyl halides is 1. The van der Waals surface area contributed by atoms with Gasteiger partial charge in [-0.2, -0.15) is 0 Å². The fraction of sp³-hybridized carbons (Fsp3) is 0.455. The minimum atomic E-state index is -0.236. The van der Waals surface area contributed by atoms with Gasteiger partial charge in [-0.3, -0.25) is 9.59 Å². The van der Waals surface area contributed by atoms with Crippen LogP contribution in [0.2, 0.25) is 0 Å². The molecule has 0 bridgehead atoms. The lowest BCUT2D eigenvalue weighted by molar-refractivity contribution is 0.0935. The van der Waals surface area contributed by atoms with Crippen LogP contribution in [0.1, 0.15) is 23.2 Å². The van der Waals surface area contributed by atoms with Gasteiger partial charge in [0.2, 0.25) is 0 Å². The second-order valence-corrected chi connectivity index (χ2v) is 4.50. The molecule has 4 nitrogen and oxygen atoms in total. The van der Waals surface area contributed by atoms with Crippen LogP contribution >= 0.6 is 11.6 Å². The maximum atomic E-state index is 11.8. The Morgan fingerprint density at radius 1 is 1.62 bits per heavy atom. The van der Waals surface area contributed by atoms with Crippen LogP contribution in [0.5, 0.6) is 0 Å². The lowest BCUT2D eigenvalue weighted by Crippen LogP contribution is -2.38. The second kappa shape index (κ2) is 3.94. The van der Waals surface area contributed by atoms with Crippen molar-refractivity contribution in [2.75, 3.05) is 5.88 Å². The van der Waals surface area contributed by atoms with E-state index in [1.807, 2.05) is 0 Å². The minimum absolute atomic E-state index is 0.191. The van der Waals surface area contributed by atoms with E-state index in [2.05, 4.69) is 5.32 Å². The number of carbonyl (C=O) groups excluding carboxylic acids is 1. The predicted molar refractivity (Wildman–Crippen MR) is 61.8 cm³/mol. The van der Waals surface area contributed by atoms with Gasteiger partial charge in [0.25, 0.3) is 11.5 Å². The van der Waals surface area contributed by atoms with E-state index < -0.39 is 0 Å². The minimum Gasteiger partial charge on any atom is -0.345 e. The molecule has 0 atom stereocenters. The summed E-state index contributed by atoms with van der Waals surface area (Å²) >= 11 is 5.76. The molecule has 1 aliphatic rings. The third kappa shape index (κ3) is 2.11. The largest absolute Gasteiger partial charge is 0.345 e. The number of carbonyl (C=O) groups is 1. The number of halogens is 1. The average Bonchev–Trinajstić information content (AvgIpc) is 3.02. The Kier molecular flexibility index (Phi) is 2.76. The molecule has 1 aliphatic carbocycles. The molecule has 1 N–H and O–H groups in total. The first kappa shape index (κ1) is 11.2. The zero-order chi connectivity index (χ0) is 11.8. The maximum absolute atomic E-state index is 11.8. The van der Waals surface area contributed by atoms with Crippen molar-refractivity contribution in [1.82, 2.24) is 9.88 Å². The molecule has 0 spiro atoms. The van der Waals surface area contributed by atoms with Crippen LogP contribution < -0.4 is 10.9 Å². The normalized spacial score (nSPS) is 16.9. The summed E-state index contributed by atoms with van der Waals surface area (Å²) in [6, 6.07) is 2.96. The topological polar surface area (TPSA) is 51.1 Å². The summed E-state index contributed by atoms with van der Waals surface area (Å²) in [5.74, 6) is 0.194. The summed E-state index contributed by atoms with van der Waals surface area (Å²) < 4.78 is 1.42. The van der Waals surface area contributed by atoms with E-state index in [-0.39, 0.29) is 17.0 Å². The first-order valence-corrected chi connectivity index (χ1v) is 5.65. The molecule has 0 aromatic carbocycles. The van der Waals surface area contributed by atoms with Crippen molar-refractivity contribution in [3.63, 3.8) is 0 Å². The van der Waals surface area contributed by atoms with Crippen LogP contribution in [0.15, 0.2) is 23.1 Å². The second-order valence-electron chi connectivity index (χ2n) is 4.23. The SMILES string of the molecule is Cn1ccc(C(=O)NC2(CCl)CC2)cc1=O. The van der Waals surface area contributed by atoms with Crippen LogP contribution in [0, 0.1) is 0 Å². The molecule has 86 valence electrons. The molecule has 1 heterocycles. The van der Waals surface area contributed by atoms with E-state index in [4.69, 9.17) is 11.6 Å². The fourth-order valence-corrected chi connectivity index (χ4v) is 1.78. The first-order valence-electron chi connectivity index (χ1n) is 5.11. The van der Waals surface area contributed by atoms with Gasteiger partial charge in [0.15, 0.2) is 0 Å². The van der Waals surface area contributed by atoms with Crippen molar-refractivity contribution < 1.29 is 4.79 Å². The summed E-state index contributed by atoms with van der Waals surface area (Å²) in [7, 11) is 1.64. The van der Waals surface area contributed by atoms with E-state index in [1.54, 1.807) is 19.3 Å². The standard InChI is InChI=1S/C11H13ClN2O2/c1-14-5-2-8(6-9(14)15)10(16)13-11(7-12)3-4-11/h2,5-6H,3-4,7H2,1H3,(H,13,16). The van der Waals surface area contributed by atoms with Crippen LogP contribution in [-0.4, -0.2) is 21.9 Å². The average molecular weight is 241 g/mol. The molecule has 5 heteroatoms. The lowest BCUT2D eigenvalue weighted by atomic mass is 10.2. The number of nitrogens with zero attached hydrogens (tertiary/aromatic N) is 1.